The molecule has 1 saturated heterocycles. The van der Waals surface area contributed by atoms with Gasteiger partial charge in [0.1, 0.15) is 0 Å². The molecule has 3 unspecified atom stereocenters. The van der Waals surface area contributed by atoms with Crippen LogP contribution in [0.3, 0.4) is 0 Å². The van der Waals surface area contributed by atoms with Crippen LogP contribution in [0, 0.1) is 11.8 Å². The number of rotatable bonds is 4. The third-order valence-electron chi connectivity index (χ3n) is 3.17. The van der Waals surface area contributed by atoms with E-state index in [4.69, 9.17) is 16.3 Å². The van der Waals surface area contributed by atoms with E-state index < -0.39 is 0 Å². The van der Waals surface area contributed by atoms with E-state index >= 15 is 0 Å². The summed E-state index contributed by atoms with van der Waals surface area (Å²) >= 11 is 6.11. The molecule has 0 spiro atoms. The maximum atomic E-state index is 11.7. The van der Waals surface area contributed by atoms with E-state index in [0.717, 1.165) is 6.42 Å². The third kappa shape index (κ3) is 3.08. The molecule has 0 bridgehead atoms. The van der Waals surface area contributed by atoms with Gasteiger partial charge in [0.15, 0.2) is 0 Å². The predicted octanol–water partition coefficient (Wildman–Crippen LogP) is 1.54. The molecule has 1 aliphatic heterocycles. The molecule has 2 aliphatic rings. The van der Waals surface area contributed by atoms with Crippen molar-refractivity contribution in [1.82, 2.24) is 5.32 Å². The number of hydrogen-bond acceptors (Lipinski definition) is 2. The van der Waals surface area contributed by atoms with Crippen molar-refractivity contribution in [1.29, 1.82) is 0 Å². The van der Waals surface area contributed by atoms with E-state index in [9.17, 15) is 4.79 Å². The van der Waals surface area contributed by atoms with E-state index in [1.54, 1.807) is 0 Å². The smallest absolute Gasteiger partial charge is 0.225 e. The second kappa shape index (κ2) is 4.71. The summed E-state index contributed by atoms with van der Waals surface area (Å²) < 4.78 is 5.36. The second-order valence-corrected chi connectivity index (χ2v) is 5.24. The predicted molar refractivity (Wildman–Crippen MR) is 58.9 cm³/mol. The summed E-state index contributed by atoms with van der Waals surface area (Å²) in [6.07, 6.45) is 3.49. The molecule has 2 fully saturated rings. The maximum absolute atomic E-state index is 11.7. The fourth-order valence-corrected chi connectivity index (χ4v) is 2.30. The van der Waals surface area contributed by atoms with E-state index in [2.05, 4.69) is 5.32 Å². The Morgan fingerprint density at radius 3 is 2.87 bits per heavy atom. The van der Waals surface area contributed by atoms with Gasteiger partial charge in [0, 0.05) is 6.54 Å². The van der Waals surface area contributed by atoms with Gasteiger partial charge in [-0.3, -0.25) is 4.79 Å². The van der Waals surface area contributed by atoms with E-state index in [-0.39, 0.29) is 23.3 Å². The fraction of sp³-hybridized carbons (Fsp3) is 0.909. The van der Waals surface area contributed by atoms with Crippen molar-refractivity contribution in [2.75, 3.05) is 13.2 Å². The quantitative estimate of drug-likeness (QED) is 0.746. The molecule has 0 aromatic rings. The van der Waals surface area contributed by atoms with Crippen LogP contribution in [0.2, 0.25) is 0 Å². The lowest BCUT2D eigenvalue weighted by Gasteiger charge is -2.12. The number of nitrogens with one attached hydrogen (secondary N) is 1. The molecule has 0 aromatic carbocycles. The number of halogens is 1. The zero-order chi connectivity index (χ0) is 10.8. The Balaban J connectivity index is 1.67. The monoisotopic (exact) mass is 231 g/mol. The molecule has 86 valence electrons. The number of carbonyl (C=O) groups is 1. The second-order valence-electron chi connectivity index (χ2n) is 4.68. The van der Waals surface area contributed by atoms with Crippen LogP contribution in [0.4, 0.5) is 0 Å². The molecule has 1 amide bonds. The summed E-state index contributed by atoms with van der Waals surface area (Å²) in [5.41, 5.74) is 0. The molecule has 1 aliphatic carbocycles. The molecule has 3 atom stereocenters. The van der Waals surface area contributed by atoms with Gasteiger partial charge >= 0.3 is 0 Å². The molecule has 15 heavy (non-hydrogen) atoms. The van der Waals surface area contributed by atoms with Gasteiger partial charge in [-0.1, -0.05) is 0 Å². The Kier molecular flexibility index (Phi) is 3.52. The zero-order valence-electron chi connectivity index (χ0n) is 9.04. The lowest BCUT2D eigenvalue weighted by Crippen LogP contribution is -2.35. The van der Waals surface area contributed by atoms with Gasteiger partial charge in [-0.25, -0.2) is 0 Å². The summed E-state index contributed by atoms with van der Waals surface area (Å²) in [6.45, 7) is 3.17. The van der Waals surface area contributed by atoms with Crippen LogP contribution in [0.15, 0.2) is 0 Å². The Morgan fingerprint density at radius 1 is 1.60 bits per heavy atom. The number of hydrogen-bond donors (Lipinski definition) is 1. The molecule has 0 aromatic heterocycles. The van der Waals surface area contributed by atoms with Crippen LogP contribution < -0.4 is 5.32 Å². The van der Waals surface area contributed by atoms with Crippen LogP contribution >= 0.6 is 11.6 Å². The highest BCUT2D eigenvalue weighted by atomic mass is 35.5. The highest BCUT2D eigenvalue weighted by molar-refractivity contribution is 6.21. The first-order chi connectivity index (χ1) is 7.16. The average molecular weight is 232 g/mol. The zero-order valence-corrected chi connectivity index (χ0v) is 9.80. The average Bonchev–Trinajstić information content (AvgIpc) is 2.97. The summed E-state index contributed by atoms with van der Waals surface area (Å²) in [7, 11) is 0. The maximum Gasteiger partial charge on any atom is 0.225 e. The van der Waals surface area contributed by atoms with Gasteiger partial charge in [-0.2, -0.15) is 0 Å². The lowest BCUT2D eigenvalue weighted by atomic mass is 10.1. The molecule has 1 saturated carbocycles. The Morgan fingerprint density at radius 2 is 2.33 bits per heavy atom. The molecular weight excluding hydrogens is 214 g/mol. The first-order valence-corrected chi connectivity index (χ1v) is 6.14. The number of ether oxygens (including phenoxy) is 1. The van der Waals surface area contributed by atoms with E-state index in [1.807, 2.05) is 6.92 Å². The topological polar surface area (TPSA) is 38.3 Å². The number of carbonyl (C=O) groups excluding carboxylic acids is 1. The van der Waals surface area contributed by atoms with Crippen LogP contribution in [0.25, 0.3) is 0 Å². The highest BCUT2D eigenvalue weighted by Gasteiger charge is 2.32. The fourth-order valence-electron chi connectivity index (χ4n) is 1.97. The standard InChI is InChI=1S/C11H18ClNO2/c1-7-4-9(6-15-7)11(14)13-5-10(12)8-2-3-8/h7-10H,2-6H2,1H3,(H,13,14). The van der Waals surface area contributed by atoms with Crippen molar-refractivity contribution in [3.63, 3.8) is 0 Å². The molecule has 2 rings (SSSR count). The van der Waals surface area contributed by atoms with Crippen molar-refractivity contribution < 1.29 is 9.53 Å². The van der Waals surface area contributed by atoms with Crippen molar-refractivity contribution in [3.05, 3.63) is 0 Å². The molecule has 1 heterocycles. The van der Waals surface area contributed by atoms with Gasteiger partial charge in [0.25, 0.3) is 0 Å². The first kappa shape index (κ1) is 11.2. The summed E-state index contributed by atoms with van der Waals surface area (Å²) in [5.74, 6) is 0.763. The minimum Gasteiger partial charge on any atom is -0.378 e. The van der Waals surface area contributed by atoms with Crippen LogP contribution in [-0.4, -0.2) is 30.5 Å². The van der Waals surface area contributed by atoms with Gasteiger partial charge in [0.2, 0.25) is 5.91 Å². The highest BCUT2D eigenvalue weighted by Crippen LogP contribution is 2.35. The normalized spacial score (nSPS) is 32.7. The Bertz CT molecular complexity index is 243. The van der Waals surface area contributed by atoms with Crippen LogP contribution in [-0.2, 0) is 9.53 Å². The molecule has 4 heteroatoms. The molecule has 0 radical (unpaired) electrons. The van der Waals surface area contributed by atoms with Gasteiger partial charge in [-0.05, 0) is 32.1 Å². The van der Waals surface area contributed by atoms with Crippen LogP contribution in [0.5, 0.6) is 0 Å². The molecular formula is C11H18ClNO2. The van der Waals surface area contributed by atoms with Crippen molar-refractivity contribution in [3.8, 4) is 0 Å². The van der Waals surface area contributed by atoms with E-state index in [0.29, 0.717) is 19.1 Å². The summed E-state index contributed by atoms with van der Waals surface area (Å²) in [6, 6.07) is 0. The minimum absolute atomic E-state index is 0.0306. The SMILES string of the molecule is CC1CC(C(=O)NCC(Cl)C2CC2)CO1. The Labute approximate surface area is 95.5 Å². The summed E-state index contributed by atoms with van der Waals surface area (Å²) in [4.78, 5) is 11.7. The molecule has 1 N–H and O–H groups in total. The largest absolute Gasteiger partial charge is 0.378 e. The molecule has 3 nitrogen and oxygen atoms in total. The third-order valence-corrected chi connectivity index (χ3v) is 3.68. The minimum atomic E-state index is 0.0306. The van der Waals surface area contributed by atoms with Gasteiger partial charge in [-0.15, -0.1) is 11.6 Å². The lowest BCUT2D eigenvalue weighted by molar-refractivity contribution is -0.124. The Hall–Kier alpha value is -0.280. The van der Waals surface area contributed by atoms with Crippen molar-refractivity contribution in [2.24, 2.45) is 11.8 Å². The van der Waals surface area contributed by atoms with Gasteiger partial charge in [0.05, 0.1) is 24.0 Å². The van der Waals surface area contributed by atoms with Crippen molar-refractivity contribution >= 4 is 17.5 Å². The number of alkyl halides is 1. The van der Waals surface area contributed by atoms with E-state index in [1.165, 1.54) is 12.8 Å². The summed E-state index contributed by atoms with van der Waals surface area (Å²) in [5, 5.41) is 3.03. The van der Waals surface area contributed by atoms with Crippen molar-refractivity contribution in [2.45, 2.75) is 37.7 Å². The first-order valence-electron chi connectivity index (χ1n) is 5.70. The van der Waals surface area contributed by atoms with Gasteiger partial charge < -0.3 is 10.1 Å². The van der Waals surface area contributed by atoms with Crippen LogP contribution in [0.1, 0.15) is 26.2 Å². The number of amides is 1.